The Balaban J connectivity index is 1.69. The van der Waals surface area contributed by atoms with Crippen molar-refractivity contribution >= 4 is 21.6 Å². The van der Waals surface area contributed by atoms with Gasteiger partial charge in [-0.25, -0.2) is 18.2 Å². The fourth-order valence-corrected chi connectivity index (χ4v) is 3.89. The van der Waals surface area contributed by atoms with Crippen LogP contribution in [0.25, 0.3) is 16.9 Å². The first-order valence-electron chi connectivity index (χ1n) is 9.92. The van der Waals surface area contributed by atoms with E-state index in [0.29, 0.717) is 11.4 Å². The molecular weight excluding hydrogens is 424 g/mol. The first kappa shape index (κ1) is 21.5. The molecule has 0 atom stereocenters. The summed E-state index contributed by atoms with van der Waals surface area (Å²) in [5.41, 5.74) is 3.78. The van der Waals surface area contributed by atoms with E-state index in [1.807, 2.05) is 66.7 Å². The molecule has 0 bridgehead atoms. The Hall–Kier alpha value is -3.75. The SMILES string of the molecule is CN(C(=O)Cc1cc(-c2ccccc2)n(-c2ccc(S(N)(=O)=O)cc2)n1)c1ccccc1. The molecule has 2 N–H and O–H groups in total. The topological polar surface area (TPSA) is 98.3 Å². The molecule has 0 aliphatic rings. The fraction of sp³-hybridized carbons (Fsp3) is 0.0833. The molecule has 0 aliphatic carbocycles. The molecule has 4 aromatic rings. The molecule has 0 fully saturated rings. The molecular formula is C24H22N4O3S. The summed E-state index contributed by atoms with van der Waals surface area (Å²) in [6.07, 6.45) is 0.119. The molecule has 7 nitrogen and oxygen atoms in total. The number of rotatable bonds is 6. The standard InChI is InChI=1S/C24H22N4O3S/c1-27(20-10-6-3-7-11-20)24(29)17-19-16-23(18-8-4-2-5-9-18)28(26-19)21-12-14-22(15-13-21)32(25,30)31/h2-16H,17H2,1H3,(H2,25,30,31). The number of primary sulfonamides is 1. The Bertz CT molecular complexity index is 1330. The van der Waals surface area contributed by atoms with Crippen LogP contribution in [-0.2, 0) is 21.2 Å². The highest BCUT2D eigenvalue weighted by Crippen LogP contribution is 2.25. The van der Waals surface area contributed by atoms with Gasteiger partial charge in [0.1, 0.15) is 0 Å². The van der Waals surface area contributed by atoms with Gasteiger partial charge in [-0.3, -0.25) is 4.79 Å². The summed E-state index contributed by atoms with van der Waals surface area (Å²) in [5.74, 6) is -0.0926. The normalized spacial score (nSPS) is 11.3. The lowest BCUT2D eigenvalue weighted by molar-refractivity contribution is -0.117. The van der Waals surface area contributed by atoms with Gasteiger partial charge in [0, 0.05) is 18.3 Å². The largest absolute Gasteiger partial charge is 0.315 e. The van der Waals surface area contributed by atoms with Gasteiger partial charge in [-0.05, 0) is 42.5 Å². The Labute approximate surface area is 186 Å². The van der Waals surface area contributed by atoms with Crippen LogP contribution >= 0.6 is 0 Å². The molecule has 32 heavy (non-hydrogen) atoms. The molecule has 0 radical (unpaired) electrons. The molecule has 4 rings (SSSR count). The Morgan fingerprint density at radius 2 is 1.53 bits per heavy atom. The quantitative estimate of drug-likeness (QED) is 0.491. The summed E-state index contributed by atoms with van der Waals surface area (Å²) in [5, 5.41) is 9.86. The molecule has 1 aromatic heterocycles. The number of hydrogen-bond acceptors (Lipinski definition) is 4. The Morgan fingerprint density at radius 1 is 0.938 bits per heavy atom. The monoisotopic (exact) mass is 446 g/mol. The fourth-order valence-electron chi connectivity index (χ4n) is 3.37. The highest BCUT2D eigenvalue weighted by molar-refractivity contribution is 7.89. The molecule has 0 saturated heterocycles. The lowest BCUT2D eigenvalue weighted by Gasteiger charge is -2.16. The van der Waals surface area contributed by atoms with Crippen molar-refractivity contribution in [3.05, 3.63) is 96.7 Å². The van der Waals surface area contributed by atoms with E-state index < -0.39 is 10.0 Å². The first-order chi connectivity index (χ1) is 15.3. The molecule has 162 valence electrons. The minimum atomic E-state index is -3.79. The molecule has 0 unspecified atom stereocenters. The smallest absolute Gasteiger partial charge is 0.238 e. The van der Waals surface area contributed by atoms with Crippen LogP contribution in [0, 0.1) is 0 Å². The van der Waals surface area contributed by atoms with Gasteiger partial charge in [0.2, 0.25) is 15.9 Å². The average Bonchev–Trinajstić information content (AvgIpc) is 3.23. The number of anilines is 1. The number of benzene rings is 3. The number of nitrogens with two attached hydrogens (primary N) is 1. The van der Waals surface area contributed by atoms with Crippen molar-refractivity contribution in [2.24, 2.45) is 5.14 Å². The maximum Gasteiger partial charge on any atom is 0.238 e. The highest BCUT2D eigenvalue weighted by atomic mass is 32.2. The van der Waals surface area contributed by atoms with Crippen molar-refractivity contribution in [2.45, 2.75) is 11.3 Å². The third-order valence-electron chi connectivity index (χ3n) is 5.09. The molecule has 1 heterocycles. The van der Waals surface area contributed by atoms with Gasteiger partial charge in [0.05, 0.1) is 28.4 Å². The summed E-state index contributed by atoms with van der Waals surface area (Å²) < 4.78 is 24.9. The van der Waals surface area contributed by atoms with Crippen LogP contribution in [-0.4, -0.2) is 31.2 Å². The molecule has 0 saturated carbocycles. The van der Waals surface area contributed by atoms with Crippen LogP contribution in [0.1, 0.15) is 5.69 Å². The maximum atomic E-state index is 12.9. The Kier molecular flexibility index (Phi) is 5.89. The van der Waals surface area contributed by atoms with Crippen LogP contribution < -0.4 is 10.0 Å². The molecule has 3 aromatic carbocycles. The minimum absolute atomic E-state index is 0.0227. The van der Waals surface area contributed by atoms with Gasteiger partial charge >= 0.3 is 0 Å². The second kappa shape index (κ2) is 8.78. The van der Waals surface area contributed by atoms with E-state index in [9.17, 15) is 13.2 Å². The zero-order chi connectivity index (χ0) is 22.7. The van der Waals surface area contributed by atoms with Crippen LogP contribution in [0.15, 0.2) is 95.9 Å². The van der Waals surface area contributed by atoms with Crippen molar-refractivity contribution < 1.29 is 13.2 Å². The van der Waals surface area contributed by atoms with Crippen LogP contribution in [0.2, 0.25) is 0 Å². The second-order valence-corrected chi connectivity index (χ2v) is 8.86. The summed E-state index contributed by atoms with van der Waals surface area (Å²) in [4.78, 5) is 14.5. The summed E-state index contributed by atoms with van der Waals surface area (Å²) in [6, 6.07) is 27.1. The number of carbonyl (C=O) groups excluding carboxylic acids is 1. The van der Waals surface area contributed by atoms with Crippen molar-refractivity contribution in [1.29, 1.82) is 0 Å². The highest BCUT2D eigenvalue weighted by Gasteiger charge is 2.17. The maximum absolute atomic E-state index is 12.9. The minimum Gasteiger partial charge on any atom is -0.315 e. The van der Waals surface area contributed by atoms with E-state index in [0.717, 1.165) is 16.9 Å². The molecule has 8 heteroatoms. The number of hydrogen-bond donors (Lipinski definition) is 1. The van der Waals surface area contributed by atoms with E-state index in [4.69, 9.17) is 5.14 Å². The van der Waals surface area contributed by atoms with Crippen molar-refractivity contribution in [3.8, 4) is 16.9 Å². The number of para-hydroxylation sites is 1. The number of amides is 1. The number of nitrogens with zero attached hydrogens (tertiary/aromatic N) is 3. The number of sulfonamides is 1. The van der Waals surface area contributed by atoms with E-state index >= 15 is 0 Å². The zero-order valence-electron chi connectivity index (χ0n) is 17.4. The summed E-state index contributed by atoms with van der Waals surface area (Å²) in [6.45, 7) is 0. The third kappa shape index (κ3) is 4.61. The predicted molar refractivity (Wildman–Crippen MR) is 124 cm³/mol. The molecule has 0 spiro atoms. The van der Waals surface area contributed by atoms with E-state index in [1.54, 1.807) is 28.8 Å². The van der Waals surface area contributed by atoms with Gasteiger partial charge in [-0.2, -0.15) is 5.10 Å². The van der Waals surface area contributed by atoms with Gasteiger partial charge in [-0.15, -0.1) is 0 Å². The van der Waals surface area contributed by atoms with Crippen LogP contribution in [0.4, 0.5) is 5.69 Å². The third-order valence-corrected chi connectivity index (χ3v) is 6.02. The number of likely N-dealkylation sites (N-methyl/N-ethyl adjacent to an activating group) is 1. The van der Waals surface area contributed by atoms with Gasteiger partial charge in [0.15, 0.2) is 0 Å². The Morgan fingerprint density at radius 3 is 2.12 bits per heavy atom. The zero-order valence-corrected chi connectivity index (χ0v) is 18.2. The van der Waals surface area contributed by atoms with Crippen LogP contribution in [0.5, 0.6) is 0 Å². The lowest BCUT2D eigenvalue weighted by Crippen LogP contribution is -2.27. The van der Waals surface area contributed by atoms with Gasteiger partial charge in [0.25, 0.3) is 0 Å². The average molecular weight is 447 g/mol. The van der Waals surface area contributed by atoms with Crippen molar-refractivity contribution in [1.82, 2.24) is 9.78 Å². The van der Waals surface area contributed by atoms with E-state index in [2.05, 4.69) is 5.10 Å². The van der Waals surface area contributed by atoms with Crippen molar-refractivity contribution in [3.63, 3.8) is 0 Å². The lowest BCUT2D eigenvalue weighted by atomic mass is 10.1. The summed E-state index contributed by atoms with van der Waals surface area (Å²) >= 11 is 0. The van der Waals surface area contributed by atoms with Crippen LogP contribution in [0.3, 0.4) is 0 Å². The first-order valence-corrected chi connectivity index (χ1v) is 11.5. The van der Waals surface area contributed by atoms with Gasteiger partial charge in [-0.1, -0.05) is 48.5 Å². The molecule has 0 aliphatic heterocycles. The number of aromatic nitrogens is 2. The van der Waals surface area contributed by atoms with E-state index in [-0.39, 0.29) is 17.2 Å². The number of carbonyl (C=O) groups is 1. The van der Waals surface area contributed by atoms with Gasteiger partial charge < -0.3 is 4.90 Å². The molecule has 1 amide bonds. The van der Waals surface area contributed by atoms with Crippen molar-refractivity contribution in [2.75, 3.05) is 11.9 Å². The summed E-state index contributed by atoms with van der Waals surface area (Å²) in [7, 11) is -2.06. The second-order valence-electron chi connectivity index (χ2n) is 7.30. The predicted octanol–water partition coefficient (Wildman–Crippen LogP) is 3.39. The van der Waals surface area contributed by atoms with E-state index in [1.165, 1.54) is 12.1 Å².